The topological polar surface area (TPSA) is 54.5 Å². The number of carbonyl (C=O) groups excluding carboxylic acids is 1. The van der Waals surface area contributed by atoms with E-state index in [2.05, 4.69) is 10.3 Å². The van der Waals surface area contributed by atoms with Crippen LogP contribution in [0.4, 0.5) is 4.79 Å². The minimum atomic E-state index is -0.446. The highest BCUT2D eigenvalue weighted by atomic mass is 35.5. The molecule has 1 saturated heterocycles. The molecule has 2 heterocycles. The molecule has 1 aromatic rings. The summed E-state index contributed by atoms with van der Waals surface area (Å²) in [5.74, 6) is 0. The standard InChI is InChI=1S/C17H25Cl2N3O2/c1-17(2,3)24-16(23)22-10-7-13(8-11-22)20-9-6-12-4-5-14(18)21-15(12)19/h4-5,13,20H,6-11H2,1-3H3. The Labute approximate surface area is 153 Å². The number of aromatic nitrogens is 1. The van der Waals surface area contributed by atoms with E-state index in [1.807, 2.05) is 26.8 Å². The van der Waals surface area contributed by atoms with Crippen molar-refractivity contribution in [3.05, 3.63) is 28.0 Å². The summed E-state index contributed by atoms with van der Waals surface area (Å²) in [5.41, 5.74) is 0.540. The van der Waals surface area contributed by atoms with Gasteiger partial charge in [0.15, 0.2) is 0 Å². The van der Waals surface area contributed by atoms with Gasteiger partial charge < -0.3 is 15.0 Å². The van der Waals surface area contributed by atoms with E-state index in [1.165, 1.54) is 0 Å². The Kier molecular flexibility index (Phi) is 6.72. The van der Waals surface area contributed by atoms with Crippen molar-refractivity contribution in [3.8, 4) is 0 Å². The number of carbonyl (C=O) groups is 1. The molecule has 1 fully saturated rings. The van der Waals surface area contributed by atoms with Crippen LogP contribution in [0.5, 0.6) is 0 Å². The Morgan fingerprint density at radius 1 is 1.33 bits per heavy atom. The molecular weight excluding hydrogens is 349 g/mol. The number of hydrogen-bond donors (Lipinski definition) is 1. The first-order valence-corrected chi connectivity index (χ1v) is 9.02. The molecule has 2 rings (SSSR count). The Balaban J connectivity index is 1.70. The normalized spacial score (nSPS) is 16.3. The minimum absolute atomic E-state index is 0.222. The molecular formula is C17H25Cl2N3O2. The van der Waals surface area contributed by atoms with Crippen LogP contribution in [0.15, 0.2) is 12.1 Å². The van der Waals surface area contributed by atoms with Crippen LogP contribution in [0.1, 0.15) is 39.2 Å². The molecule has 0 radical (unpaired) electrons. The summed E-state index contributed by atoms with van der Waals surface area (Å²) in [6.45, 7) is 7.91. The Bertz CT molecular complexity index is 567. The molecule has 1 amide bonds. The summed E-state index contributed by atoms with van der Waals surface area (Å²) >= 11 is 11.9. The summed E-state index contributed by atoms with van der Waals surface area (Å²) in [6, 6.07) is 4.06. The average molecular weight is 374 g/mol. The van der Waals surface area contributed by atoms with Gasteiger partial charge in [-0.2, -0.15) is 0 Å². The van der Waals surface area contributed by atoms with Gasteiger partial charge in [-0.05, 0) is 58.2 Å². The summed E-state index contributed by atoms with van der Waals surface area (Å²) in [4.78, 5) is 17.9. The Morgan fingerprint density at radius 3 is 2.58 bits per heavy atom. The third-order valence-electron chi connectivity index (χ3n) is 3.87. The van der Waals surface area contributed by atoms with E-state index in [4.69, 9.17) is 27.9 Å². The number of hydrogen-bond acceptors (Lipinski definition) is 4. The third-order valence-corrected chi connectivity index (χ3v) is 4.40. The quantitative estimate of drug-likeness (QED) is 0.812. The highest BCUT2D eigenvalue weighted by Gasteiger charge is 2.26. The summed E-state index contributed by atoms with van der Waals surface area (Å²) in [6.07, 6.45) is 2.42. The number of pyridine rings is 1. The fourth-order valence-electron chi connectivity index (χ4n) is 2.63. The second kappa shape index (κ2) is 8.37. The van der Waals surface area contributed by atoms with Gasteiger partial charge in [-0.3, -0.25) is 0 Å². The van der Waals surface area contributed by atoms with Crippen molar-refractivity contribution in [2.75, 3.05) is 19.6 Å². The lowest BCUT2D eigenvalue weighted by atomic mass is 10.0. The molecule has 1 aliphatic heterocycles. The number of halogens is 2. The minimum Gasteiger partial charge on any atom is -0.444 e. The van der Waals surface area contributed by atoms with Crippen LogP contribution < -0.4 is 5.32 Å². The van der Waals surface area contributed by atoms with Crippen molar-refractivity contribution < 1.29 is 9.53 Å². The number of piperidine rings is 1. The van der Waals surface area contributed by atoms with Crippen LogP contribution in [0.3, 0.4) is 0 Å². The number of rotatable bonds is 4. The van der Waals surface area contributed by atoms with Crippen molar-refractivity contribution in [2.24, 2.45) is 0 Å². The predicted octanol–water partition coefficient (Wildman–Crippen LogP) is 3.92. The number of ether oxygens (including phenoxy) is 1. The van der Waals surface area contributed by atoms with Crippen molar-refractivity contribution in [1.29, 1.82) is 0 Å². The molecule has 0 atom stereocenters. The van der Waals surface area contributed by atoms with E-state index in [0.717, 1.165) is 44.5 Å². The molecule has 0 aliphatic carbocycles. The predicted molar refractivity (Wildman–Crippen MR) is 96.8 cm³/mol. The van der Waals surface area contributed by atoms with Gasteiger partial charge in [0.2, 0.25) is 0 Å². The van der Waals surface area contributed by atoms with Gasteiger partial charge in [0.05, 0.1) is 0 Å². The number of nitrogens with one attached hydrogen (secondary N) is 1. The average Bonchev–Trinajstić information content (AvgIpc) is 2.48. The molecule has 0 unspecified atom stereocenters. The Morgan fingerprint density at radius 2 is 2.00 bits per heavy atom. The molecule has 0 bridgehead atoms. The fourth-order valence-corrected chi connectivity index (χ4v) is 3.07. The van der Waals surface area contributed by atoms with Gasteiger partial charge in [-0.15, -0.1) is 0 Å². The number of nitrogens with zero attached hydrogens (tertiary/aromatic N) is 2. The summed E-state index contributed by atoms with van der Waals surface area (Å²) in [5, 5.41) is 4.39. The maximum atomic E-state index is 12.0. The van der Waals surface area contributed by atoms with Crippen molar-refractivity contribution in [3.63, 3.8) is 0 Å². The zero-order chi connectivity index (χ0) is 17.7. The lowest BCUT2D eigenvalue weighted by molar-refractivity contribution is 0.0198. The second-order valence-electron chi connectivity index (χ2n) is 7.03. The largest absolute Gasteiger partial charge is 0.444 e. The van der Waals surface area contributed by atoms with E-state index in [0.29, 0.717) is 16.3 Å². The van der Waals surface area contributed by atoms with Crippen molar-refractivity contribution >= 4 is 29.3 Å². The monoisotopic (exact) mass is 373 g/mol. The molecule has 134 valence electrons. The van der Waals surface area contributed by atoms with Gasteiger partial charge >= 0.3 is 6.09 Å². The number of amides is 1. The maximum absolute atomic E-state index is 12.0. The first kappa shape index (κ1) is 19.3. The van der Waals surface area contributed by atoms with Crippen LogP contribution in [0.25, 0.3) is 0 Å². The van der Waals surface area contributed by atoms with Crippen LogP contribution >= 0.6 is 23.2 Å². The van der Waals surface area contributed by atoms with Gasteiger partial charge in [-0.25, -0.2) is 9.78 Å². The Hall–Kier alpha value is -1.04. The molecule has 0 saturated carbocycles. The zero-order valence-electron chi connectivity index (χ0n) is 14.4. The van der Waals surface area contributed by atoms with Crippen LogP contribution in [0.2, 0.25) is 10.3 Å². The lowest BCUT2D eigenvalue weighted by Gasteiger charge is -2.33. The smallest absolute Gasteiger partial charge is 0.410 e. The molecule has 0 spiro atoms. The molecule has 0 aromatic carbocycles. The third kappa shape index (κ3) is 6.11. The second-order valence-corrected chi connectivity index (χ2v) is 7.77. The van der Waals surface area contributed by atoms with Gasteiger partial charge in [-0.1, -0.05) is 29.3 Å². The summed E-state index contributed by atoms with van der Waals surface area (Å²) in [7, 11) is 0. The molecule has 7 heteroatoms. The van der Waals surface area contributed by atoms with E-state index in [9.17, 15) is 4.79 Å². The van der Waals surface area contributed by atoms with E-state index in [1.54, 1.807) is 11.0 Å². The van der Waals surface area contributed by atoms with Gasteiger partial charge in [0, 0.05) is 19.1 Å². The molecule has 1 N–H and O–H groups in total. The molecule has 1 aromatic heterocycles. The van der Waals surface area contributed by atoms with Crippen LogP contribution in [0, 0.1) is 0 Å². The lowest BCUT2D eigenvalue weighted by Crippen LogP contribution is -2.46. The molecule has 24 heavy (non-hydrogen) atoms. The highest BCUT2D eigenvalue weighted by molar-refractivity contribution is 6.32. The van der Waals surface area contributed by atoms with Gasteiger partial charge in [0.1, 0.15) is 15.9 Å². The summed E-state index contributed by atoms with van der Waals surface area (Å²) < 4.78 is 5.41. The first-order valence-electron chi connectivity index (χ1n) is 8.27. The van der Waals surface area contributed by atoms with E-state index < -0.39 is 5.60 Å². The SMILES string of the molecule is CC(C)(C)OC(=O)N1CCC(NCCc2ccc(Cl)nc2Cl)CC1. The highest BCUT2D eigenvalue weighted by Crippen LogP contribution is 2.18. The maximum Gasteiger partial charge on any atom is 0.410 e. The van der Waals surface area contributed by atoms with E-state index in [-0.39, 0.29) is 6.09 Å². The van der Waals surface area contributed by atoms with Gasteiger partial charge in [0.25, 0.3) is 0 Å². The molecule has 1 aliphatic rings. The molecule has 5 nitrogen and oxygen atoms in total. The number of likely N-dealkylation sites (tertiary alicyclic amines) is 1. The first-order chi connectivity index (χ1) is 11.2. The van der Waals surface area contributed by atoms with Crippen LogP contribution in [-0.4, -0.2) is 47.3 Å². The van der Waals surface area contributed by atoms with Crippen molar-refractivity contribution in [1.82, 2.24) is 15.2 Å². The van der Waals surface area contributed by atoms with E-state index >= 15 is 0 Å². The van der Waals surface area contributed by atoms with Crippen LogP contribution in [-0.2, 0) is 11.2 Å². The fraction of sp³-hybridized carbons (Fsp3) is 0.647. The zero-order valence-corrected chi connectivity index (χ0v) is 16.0. The van der Waals surface area contributed by atoms with Crippen molar-refractivity contribution in [2.45, 2.75) is 51.7 Å².